The van der Waals surface area contributed by atoms with Gasteiger partial charge in [-0.2, -0.15) is 0 Å². The standard InChI is InChI=1S/C15H19FN2/c1-10(2)15(5-6-15)9-18-8-11-3-4-12(16)7-13(11)14(18)17/h3-4,7,10,17H,5-6,8-9H2,1-2H3. The summed E-state index contributed by atoms with van der Waals surface area (Å²) in [4.78, 5) is 2.11. The molecule has 96 valence electrons. The van der Waals surface area contributed by atoms with Crippen LogP contribution in [-0.4, -0.2) is 17.3 Å². The lowest BCUT2D eigenvalue weighted by atomic mass is 9.92. The molecular formula is C15H19FN2. The van der Waals surface area contributed by atoms with Gasteiger partial charge in [-0.3, -0.25) is 5.41 Å². The van der Waals surface area contributed by atoms with Crippen LogP contribution in [0.5, 0.6) is 0 Å². The van der Waals surface area contributed by atoms with Gasteiger partial charge in [0.05, 0.1) is 0 Å². The van der Waals surface area contributed by atoms with Crippen LogP contribution in [0.25, 0.3) is 0 Å². The summed E-state index contributed by atoms with van der Waals surface area (Å²) in [6.45, 7) is 6.24. The van der Waals surface area contributed by atoms with Crippen molar-refractivity contribution in [2.45, 2.75) is 33.2 Å². The van der Waals surface area contributed by atoms with Gasteiger partial charge in [0.25, 0.3) is 0 Å². The van der Waals surface area contributed by atoms with Crippen molar-refractivity contribution in [2.75, 3.05) is 6.54 Å². The Morgan fingerprint density at radius 3 is 2.72 bits per heavy atom. The molecule has 0 unspecified atom stereocenters. The fraction of sp³-hybridized carbons (Fsp3) is 0.533. The van der Waals surface area contributed by atoms with E-state index in [1.54, 1.807) is 0 Å². The molecule has 3 rings (SSSR count). The lowest BCUT2D eigenvalue weighted by Crippen LogP contribution is -2.33. The van der Waals surface area contributed by atoms with E-state index in [1.165, 1.54) is 25.0 Å². The molecule has 1 saturated carbocycles. The number of rotatable bonds is 3. The Kier molecular flexibility index (Phi) is 2.47. The third kappa shape index (κ3) is 1.73. The molecule has 1 fully saturated rings. The first-order valence-corrected chi connectivity index (χ1v) is 6.64. The van der Waals surface area contributed by atoms with Crippen molar-refractivity contribution in [3.05, 3.63) is 35.1 Å². The minimum Gasteiger partial charge on any atom is -0.352 e. The Balaban J connectivity index is 1.81. The van der Waals surface area contributed by atoms with Gasteiger partial charge >= 0.3 is 0 Å². The lowest BCUT2D eigenvalue weighted by Gasteiger charge is -2.27. The van der Waals surface area contributed by atoms with Crippen LogP contribution < -0.4 is 0 Å². The zero-order valence-electron chi connectivity index (χ0n) is 11.0. The summed E-state index contributed by atoms with van der Waals surface area (Å²) in [5.74, 6) is 0.910. The van der Waals surface area contributed by atoms with Crippen molar-refractivity contribution >= 4 is 5.84 Å². The van der Waals surface area contributed by atoms with Crippen LogP contribution in [0.15, 0.2) is 18.2 Å². The minimum absolute atomic E-state index is 0.245. The Hall–Kier alpha value is -1.38. The number of hydrogen-bond acceptors (Lipinski definition) is 1. The topological polar surface area (TPSA) is 27.1 Å². The van der Waals surface area contributed by atoms with E-state index in [0.717, 1.165) is 24.2 Å². The Morgan fingerprint density at radius 1 is 1.39 bits per heavy atom. The first-order chi connectivity index (χ1) is 8.52. The molecule has 2 aliphatic rings. The molecule has 1 aromatic rings. The molecule has 0 saturated heterocycles. The van der Waals surface area contributed by atoms with E-state index in [-0.39, 0.29) is 5.82 Å². The fourth-order valence-corrected chi connectivity index (χ4v) is 2.96. The Bertz CT molecular complexity index is 503. The second-order valence-corrected chi connectivity index (χ2v) is 6.02. The van der Waals surface area contributed by atoms with Crippen molar-refractivity contribution < 1.29 is 4.39 Å². The van der Waals surface area contributed by atoms with E-state index in [1.807, 2.05) is 6.07 Å². The largest absolute Gasteiger partial charge is 0.352 e. The average molecular weight is 246 g/mol. The van der Waals surface area contributed by atoms with E-state index in [4.69, 9.17) is 5.41 Å². The molecule has 0 amide bonds. The van der Waals surface area contributed by atoms with Crippen molar-refractivity contribution in [2.24, 2.45) is 11.3 Å². The van der Waals surface area contributed by atoms with Gasteiger partial charge in [0.1, 0.15) is 11.7 Å². The van der Waals surface area contributed by atoms with Gasteiger partial charge in [-0.25, -0.2) is 4.39 Å². The van der Waals surface area contributed by atoms with Gasteiger partial charge in [-0.05, 0) is 41.9 Å². The van der Waals surface area contributed by atoms with Gasteiger partial charge in [0.15, 0.2) is 0 Å². The summed E-state index contributed by atoms with van der Waals surface area (Å²) in [6.07, 6.45) is 2.53. The van der Waals surface area contributed by atoms with Crippen LogP contribution in [0, 0.1) is 22.6 Å². The molecule has 18 heavy (non-hydrogen) atoms. The van der Waals surface area contributed by atoms with E-state index in [0.29, 0.717) is 17.2 Å². The smallest absolute Gasteiger partial charge is 0.128 e. The van der Waals surface area contributed by atoms with E-state index in [9.17, 15) is 4.39 Å². The molecule has 1 N–H and O–H groups in total. The Morgan fingerprint density at radius 2 is 2.11 bits per heavy atom. The van der Waals surface area contributed by atoms with Gasteiger partial charge < -0.3 is 4.90 Å². The molecule has 1 aliphatic carbocycles. The molecule has 0 spiro atoms. The van der Waals surface area contributed by atoms with Crippen molar-refractivity contribution in [1.82, 2.24) is 4.90 Å². The van der Waals surface area contributed by atoms with Crippen LogP contribution in [0.4, 0.5) is 4.39 Å². The lowest BCUT2D eigenvalue weighted by molar-refractivity contribution is 0.259. The van der Waals surface area contributed by atoms with Crippen LogP contribution in [-0.2, 0) is 6.54 Å². The second-order valence-electron chi connectivity index (χ2n) is 6.02. The van der Waals surface area contributed by atoms with E-state index < -0.39 is 0 Å². The second kappa shape index (κ2) is 3.81. The normalized spacial score (nSPS) is 20.4. The number of halogens is 1. The summed E-state index contributed by atoms with van der Waals surface area (Å²) in [7, 11) is 0. The van der Waals surface area contributed by atoms with Gasteiger partial charge in [0.2, 0.25) is 0 Å². The molecule has 1 aliphatic heterocycles. The van der Waals surface area contributed by atoms with E-state index >= 15 is 0 Å². The van der Waals surface area contributed by atoms with Crippen LogP contribution >= 0.6 is 0 Å². The highest BCUT2D eigenvalue weighted by Crippen LogP contribution is 2.52. The number of benzene rings is 1. The molecule has 0 bridgehead atoms. The predicted octanol–water partition coefficient (Wildman–Crippen LogP) is 3.40. The molecular weight excluding hydrogens is 227 g/mol. The molecule has 1 aromatic carbocycles. The zero-order chi connectivity index (χ0) is 12.9. The summed E-state index contributed by atoms with van der Waals surface area (Å²) in [5, 5.41) is 8.19. The summed E-state index contributed by atoms with van der Waals surface area (Å²) < 4.78 is 13.2. The molecule has 0 radical (unpaired) electrons. The van der Waals surface area contributed by atoms with Gasteiger partial charge in [0, 0.05) is 18.7 Å². The van der Waals surface area contributed by atoms with Crippen molar-refractivity contribution in [3.8, 4) is 0 Å². The van der Waals surface area contributed by atoms with Gasteiger partial charge in [-0.15, -0.1) is 0 Å². The van der Waals surface area contributed by atoms with Crippen LogP contribution in [0.1, 0.15) is 37.8 Å². The molecule has 3 heteroatoms. The molecule has 2 nitrogen and oxygen atoms in total. The highest BCUT2D eigenvalue weighted by atomic mass is 19.1. The minimum atomic E-state index is -0.245. The SMILES string of the molecule is CC(C)C1(CN2Cc3ccc(F)cc3C2=N)CC1. The van der Waals surface area contributed by atoms with Crippen LogP contribution in [0.3, 0.4) is 0 Å². The monoisotopic (exact) mass is 246 g/mol. The maximum atomic E-state index is 13.2. The zero-order valence-corrected chi connectivity index (χ0v) is 11.0. The highest BCUT2D eigenvalue weighted by molar-refractivity contribution is 6.00. The number of hydrogen-bond donors (Lipinski definition) is 1. The maximum absolute atomic E-state index is 13.2. The van der Waals surface area contributed by atoms with Gasteiger partial charge in [-0.1, -0.05) is 19.9 Å². The van der Waals surface area contributed by atoms with Crippen LogP contribution in [0.2, 0.25) is 0 Å². The maximum Gasteiger partial charge on any atom is 0.128 e. The summed E-state index contributed by atoms with van der Waals surface area (Å²) >= 11 is 0. The fourth-order valence-electron chi connectivity index (χ4n) is 2.96. The number of amidine groups is 1. The molecule has 0 atom stereocenters. The highest BCUT2D eigenvalue weighted by Gasteiger charge is 2.47. The summed E-state index contributed by atoms with van der Waals surface area (Å²) in [6, 6.07) is 4.80. The first kappa shape index (κ1) is 11.7. The number of nitrogens with one attached hydrogen (secondary N) is 1. The number of fused-ring (bicyclic) bond motifs is 1. The average Bonchev–Trinajstić information content (AvgIpc) is 3.04. The van der Waals surface area contributed by atoms with Crippen molar-refractivity contribution in [1.29, 1.82) is 5.41 Å². The Labute approximate surface area is 107 Å². The number of nitrogens with zero attached hydrogens (tertiary/aromatic N) is 1. The van der Waals surface area contributed by atoms with Crippen molar-refractivity contribution in [3.63, 3.8) is 0 Å². The summed E-state index contributed by atoms with van der Waals surface area (Å²) in [5.41, 5.74) is 2.25. The van der Waals surface area contributed by atoms with E-state index in [2.05, 4.69) is 18.7 Å². The third-order valence-corrected chi connectivity index (χ3v) is 4.63. The molecule has 1 heterocycles. The molecule has 0 aromatic heterocycles. The first-order valence-electron chi connectivity index (χ1n) is 6.64. The quantitative estimate of drug-likeness (QED) is 0.869. The predicted molar refractivity (Wildman–Crippen MR) is 70.1 cm³/mol. The third-order valence-electron chi connectivity index (χ3n) is 4.63.